The lowest BCUT2D eigenvalue weighted by Gasteiger charge is -2.11. The van der Waals surface area contributed by atoms with Gasteiger partial charge in [0.2, 0.25) is 10.0 Å². The molecule has 0 aliphatic carbocycles. The molecule has 2 aromatic carbocycles. The van der Waals surface area contributed by atoms with Gasteiger partial charge in [-0.1, -0.05) is 35.9 Å². The largest absolute Gasteiger partial charge is 0.279 e. The molecule has 6 nitrogen and oxygen atoms in total. The van der Waals surface area contributed by atoms with Gasteiger partial charge in [0.1, 0.15) is 4.90 Å². The molecule has 24 heavy (non-hydrogen) atoms. The molecule has 3 N–H and O–H groups in total. The number of rotatable bonds is 5. The van der Waals surface area contributed by atoms with E-state index in [2.05, 4.69) is 4.72 Å². The minimum Gasteiger partial charge on any atom is -0.279 e. The van der Waals surface area contributed by atoms with Crippen molar-refractivity contribution >= 4 is 43.4 Å². The van der Waals surface area contributed by atoms with Gasteiger partial charge in [0, 0.05) is 5.02 Å². The van der Waals surface area contributed by atoms with E-state index in [4.69, 9.17) is 16.7 Å². The second kappa shape index (κ2) is 6.94. The Hall–Kier alpha value is -1.87. The first-order valence-corrected chi connectivity index (χ1v) is 10.1. The monoisotopic (exact) mass is 386 g/mol. The highest BCUT2D eigenvalue weighted by Crippen LogP contribution is 2.23. The van der Waals surface area contributed by atoms with Gasteiger partial charge in [0.25, 0.3) is 10.0 Å². The van der Waals surface area contributed by atoms with Crippen molar-refractivity contribution in [2.75, 3.05) is 4.72 Å². The van der Waals surface area contributed by atoms with E-state index >= 15 is 0 Å². The minimum atomic E-state index is -4.06. The quantitative estimate of drug-likeness (QED) is 0.823. The molecular weight excluding hydrogens is 372 g/mol. The number of para-hydroxylation sites is 1. The fraction of sp³-hybridized carbons (Fsp3) is 0.0667. The van der Waals surface area contributed by atoms with Crippen LogP contribution in [0.15, 0.2) is 58.3 Å². The fourth-order valence-electron chi connectivity index (χ4n) is 1.90. The Kier molecular flexibility index (Phi) is 5.34. The Morgan fingerprint density at radius 1 is 1.04 bits per heavy atom. The third kappa shape index (κ3) is 4.57. The molecule has 9 heteroatoms. The molecule has 0 bridgehead atoms. The molecule has 0 aliphatic heterocycles. The third-order valence-corrected chi connectivity index (χ3v) is 5.78. The smallest absolute Gasteiger partial charge is 0.257 e. The summed E-state index contributed by atoms with van der Waals surface area (Å²) in [6.07, 6.45) is 1.44. The summed E-state index contributed by atoms with van der Waals surface area (Å²) in [5.74, 6) is 0. The Labute approximate surface area is 146 Å². The average molecular weight is 387 g/mol. The van der Waals surface area contributed by atoms with Crippen molar-refractivity contribution < 1.29 is 16.8 Å². The van der Waals surface area contributed by atoms with Crippen molar-refractivity contribution in [3.8, 4) is 0 Å². The van der Waals surface area contributed by atoms with E-state index < -0.39 is 20.0 Å². The molecule has 0 saturated carbocycles. The number of allylic oxidation sites excluding steroid dienone is 1. The zero-order valence-corrected chi connectivity index (χ0v) is 15.0. The molecule has 0 aromatic heterocycles. The first-order valence-electron chi connectivity index (χ1n) is 6.68. The molecule has 0 radical (unpaired) electrons. The van der Waals surface area contributed by atoms with Crippen LogP contribution in [0.5, 0.6) is 0 Å². The molecular formula is C15H15ClN2O4S2. The summed E-state index contributed by atoms with van der Waals surface area (Å²) in [6, 6.07) is 12.1. The van der Waals surface area contributed by atoms with E-state index in [9.17, 15) is 16.8 Å². The number of nitrogens with one attached hydrogen (secondary N) is 1. The second-order valence-corrected chi connectivity index (χ2v) is 8.77. The van der Waals surface area contributed by atoms with Crippen LogP contribution in [-0.2, 0) is 20.0 Å². The summed E-state index contributed by atoms with van der Waals surface area (Å²) in [5, 5.41) is 5.64. The normalized spacial score (nSPS) is 12.9. The van der Waals surface area contributed by atoms with Gasteiger partial charge < -0.3 is 0 Å². The van der Waals surface area contributed by atoms with Crippen molar-refractivity contribution in [2.24, 2.45) is 5.14 Å². The number of hydrogen-bond acceptors (Lipinski definition) is 4. The molecule has 0 atom stereocenters. The van der Waals surface area contributed by atoms with E-state index in [0.29, 0.717) is 10.6 Å². The first kappa shape index (κ1) is 18.5. The highest BCUT2D eigenvalue weighted by molar-refractivity contribution is 7.96. The van der Waals surface area contributed by atoms with Crippen molar-refractivity contribution in [3.63, 3.8) is 0 Å². The predicted molar refractivity (Wildman–Crippen MR) is 95.5 cm³/mol. The van der Waals surface area contributed by atoms with Crippen LogP contribution in [0.4, 0.5) is 5.69 Å². The van der Waals surface area contributed by atoms with E-state index in [0.717, 1.165) is 0 Å². The Morgan fingerprint density at radius 2 is 1.62 bits per heavy atom. The summed E-state index contributed by atoms with van der Waals surface area (Å²) in [4.78, 5) is -0.290. The van der Waals surface area contributed by atoms with Gasteiger partial charge in [-0.2, -0.15) is 0 Å². The van der Waals surface area contributed by atoms with Crippen LogP contribution >= 0.6 is 11.6 Å². The van der Waals surface area contributed by atoms with Crippen LogP contribution in [-0.4, -0.2) is 16.8 Å². The number of hydrogen-bond donors (Lipinski definition) is 2. The van der Waals surface area contributed by atoms with Gasteiger partial charge in [-0.15, -0.1) is 0 Å². The number of halogens is 1. The number of primary sulfonamides is 1. The van der Waals surface area contributed by atoms with E-state index in [1.807, 2.05) is 0 Å². The van der Waals surface area contributed by atoms with Crippen LogP contribution in [0.2, 0.25) is 5.02 Å². The van der Waals surface area contributed by atoms with Crippen molar-refractivity contribution in [1.82, 2.24) is 0 Å². The fourth-order valence-corrected chi connectivity index (χ4v) is 3.70. The summed E-state index contributed by atoms with van der Waals surface area (Å²) >= 11 is 5.79. The van der Waals surface area contributed by atoms with E-state index in [1.54, 1.807) is 24.3 Å². The van der Waals surface area contributed by atoms with E-state index in [1.165, 1.54) is 37.3 Å². The third-order valence-electron chi connectivity index (χ3n) is 3.10. The lowest BCUT2D eigenvalue weighted by Crippen LogP contribution is -2.19. The molecule has 0 fully saturated rings. The highest BCUT2D eigenvalue weighted by Gasteiger charge is 2.19. The summed E-state index contributed by atoms with van der Waals surface area (Å²) in [6.45, 7) is 1.40. The molecule has 0 amide bonds. The topological polar surface area (TPSA) is 106 Å². The van der Waals surface area contributed by atoms with Crippen molar-refractivity contribution in [1.29, 1.82) is 0 Å². The number of benzene rings is 2. The Balaban J connectivity index is 2.37. The molecule has 0 spiro atoms. The van der Waals surface area contributed by atoms with Gasteiger partial charge in [-0.25, -0.2) is 22.0 Å². The van der Waals surface area contributed by atoms with Gasteiger partial charge in [-0.05, 0) is 42.8 Å². The zero-order valence-electron chi connectivity index (χ0n) is 12.6. The van der Waals surface area contributed by atoms with Gasteiger partial charge in [0.15, 0.2) is 0 Å². The molecule has 128 valence electrons. The second-order valence-electron chi connectivity index (χ2n) is 4.95. The van der Waals surface area contributed by atoms with Crippen LogP contribution in [0.25, 0.3) is 6.08 Å². The minimum absolute atomic E-state index is 0.00837. The molecule has 2 rings (SSSR count). The first-order chi connectivity index (χ1) is 11.1. The summed E-state index contributed by atoms with van der Waals surface area (Å²) in [7, 11) is -8.00. The maximum atomic E-state index is 12.4. The lowest BCUT2D eigenvalue weighted by molar-refractivity contribution is 0.598. The zero-order chi connectivity index (χ0) is 18.0. The molecule has 0 saturated heterocycles. The SMILES string of the molecule is C/C(=C/c1ccc(Cl)cc1)S(=O)(=O)Nc1ccccc1S(N)(=O)=O. The number of anilines is 1. The van der Waals surface area contributed by atoms with E-state index in [-0.39, 0.29) is 15.5 Å². The molecule has 0 unspecified atom stereocenters. The Morgan fingerprint density at radius 3 is 2.21 bits per heavy atom. The highest BCUT2D eigenvalue weighted by atomic mass is 35.5. The van der Waals surface area contributed by atoms with Gasteiger partial charge in [-0.3, -0.25) is 4.72 Å². The average Bonchev–Trinajstić information content (AvgIpc) is 2.48. The van der Waals surface area contributed by atoms with Crippen molar-refractivity contribution in [3.05, 3.63) is 64.0 Å². The maximum absolute atomic E-state index is 12.4. The molecule has 0 aliphatic rings. The molecule has 2 aromatic rings. The van der Waals surface area contributed by atoms with Crippen LogP contribution in [0, 0.1) is 0 Å². The summed E-state index contributed by atoms with van der Waals surface area (Å²) in [5.41, 5.74) is 0.533. The van der Waals surface area contributed by atoms with Crippen LogP contribution in [0.1, 0.15) is 12.5 Å². The van der Waals surface area contributed by atoms with Crippen molar-refractivity contribution in [2.45, 2.75) is 11.8 Å². The number of sulfonamides is 2. The lowest BCUT2D eigenvalue weighted by atomic mass is 10.2. The molecule has 0 heterocycles. The van der Waals surface area contributed by atoms with Crippen LogP contribution in [0.3, 0.4) is 0 Å². The van der Waals surface area contributed by atoms with Crippen LogP contribution < -0.4 is 9.86 Å². The standard InChI is InChI=1S/C15H15ClN2O4S2/c1-11(10-12-6-8-13(16)9-7-12)24(21,22)18-14-4-2-3-5-15(14)23(17,19)20/h2-10,18H,1H3,(H2,17,19,20)/b11-10-. The van der Waals surface area contributed by atoms with Gasteiger partial charge >= 0.3 is 0 Å². The van der Waals surface area contributed by atoms with Gasteiger partial charge in [0.05, 0.1) is 10.6 Å². The predicted octanol–water partition coefficient (Wildman–Crippen LogP) is 2.79. The number of nitrogens with two attached hydrogens (primary N) is 1. The summed E-state index contributed by atoms with van der Waals surface area (Å²) < 4.78 is 50.2. The Bertz CT molecular complexity index is 982. The maximum Gasteiger partial charge on any atom is 0.257 e.